The maximum Gasteiger partial charge on any atom is 0.101 e. The third-order valence-corrected chi connectivity index (χ3v) is 4.15. The summed E-state index contributed by atoms with van der Waals surface area (Å²) in [5.41, 5.74) is 0.445. The molecule has 1 aliphatic heterocycles. The van der Waals surface area contributed by atoms with Crippen LogP contribution in [0.4, 0.5) is 0 Å². The normalized spacial score (nSPS) is 39.6. The van der Waals surface area contributed by atoms with E-state index < -0.39 is 5.60 Å². The fourth-order valence-electron chi connectivity index (χ4n) is 2.89. The molecule has 0 saturated carbocycles. The van der Waals surface area contributed by atoms with Gasteiger partial charge in [0.25, 0.3) is 0 Å². The number of hydrogen-bond acceptors (Lipinski definition) is 1. The van der Waals surface area contributed by atoms with E-state index in [1.54, 1.807) is 0 Å². The van der Waals surface area contributed by atoms with Crippen molar-refractivity contribution in [1.29, 1.82) is 0 Å². The van der Waals surface area contributed by atoms with Gasteiger partial charge >= 0.3 is 0 Å². The van der Waals surface area contributed by atoms with Crippen molar-refractivity contribution in [3.8, 4) is 0 Å². The van der Waals surface area contributed by atoms with Crippen LogP contribution in [-0.2, 0) is 5.60 Å². The summed E-state index contributed by atoms with van der Waals surface area (Å²) >= 11 is 0. The molecule has 1 heterocycles. The van der Waals surface area contributed by atoms with E-state index >= 15 is 0 Å². The molecule has 1 fully saturated rings. The Bertz CT molecular complexity index is 337. The number of aliphatic hydroxyl groups is 1. The van der Waals surface area contributed by atoms with Crippen molar-refractivity contribution in [3.63, 3.8) is 0 Å². The minimum absolute atomic E-state index is 0.508. The molecule has 0 radical (unpaired) electrons. The van der Waals surface area contributed by atoms with Crippen LogP contribution in [0.25, 0.3) is 0 Å². The van der Waals surface area contributed by atoms with Crippen LogP contribution in [0.1, 0.15) is 32.3 Å². The molecular formula is C14H22NO+. The maximum atomic E-state index is 10.8. The lowest BCUT2D eigenvalue weighted by Crippen LogP contribution is -3.17. The van der Waals surface area contributed by atoms with Gasteiger partial charge in [-0.15, -0.1) is 0 Å². The molecule has 0 bridgehead atoms. The fourth-order valence-corrected chi connectivity index (χ4v) is 2.89. The first kappa shape index (κ1) is 11.6. The van der Waals surface area contributed by atoms with Crippen molar-refractivity contribution in [2.75, 3.05) is 7.05 Å². The summed E-state index contributed by atoms with van der Waals surface area (Å²) in [6.07, 6.45) is 1.71. The SMILES string of the molecule is C[C@@H]1CC(O)(c2ccccc2)C[C@@H](C)[NH+]1C. The maximum absolute atomic E-state index is 10.8. The second kappa shape index (κ2) is 4.19. The predicted molar refractivity (Wildman–Crippen MR) is 65.4 cm³/mol. The first-order chi connectivity index (χ1) is 7.53. The van der Waals surface area contributed by atoms with Gasteiger partial charge in [-0.1, -0.05) is 30.3 Å². The summed E-state index contributed by atoms with van der Waals surface area (Å²) in [7, 11) is 2.22. The lowest BCUT2D eigenvalue weighted by atomic mass is 9.78. The van der Waals surface area contributed by atoms with Crippen molar-refractivity contribution < 1.29 is 10.0 Å². The van der Waals surface area contributed by atoms with Gasteiger partial charge in [-0.25, -0.2) is 0 Å². The number of hydrogen-bond donors (Lipinski definition) is 2. The summed E-state index contributed by atoms with van der Waals surface area (Å²) in [6.45, 7) is 4.44. The Labute approximate surface area is 97.9 Å². The molecule has 0 unspecified atom stereocenters. The Morgan fingerprint density at radius 3 is 2.12 bits per heavy atom. The highest BCUT2D eigenvalue weighted by Gasteiger charge is 2.42. The molecular weight excluding hydrogens is 198 g/mol. The van der Waals surface area contributed by atoms with Gasteiger partial charge in [0.05, 0.1) is 19.1 Å². The Morgan fingerprint density at radius 1 is 1.12 bits per heavy atom. The predicted octanol–water partition coefficient (Wildman–Crippen LogP) is 0.960. The minimum Gasteiger partial charge on any atom is -0.385 e. The highest BCUT2D eigenvalue weighted by Crippen LogP contribution is 2.32. The zero-order chi connectivity index (χ0) is 11.8. The molecule has 88 valence electrons. The summed E-state index contributed by atoms with van der Waals surface area (Å²) in [5.74, 6) is 0. The van der Waals surface area contributed by atoms with Gasteiger partial charge in [0.1, 0.15) is 5.60 Å². The van der Waals surface area contributed by atoms with Gasteiger partial charge in [-0.05, 0) is 19.4 Å². The quantitative estimate of drug-likeness (QED) is 0.724. The molecule has 1 aromatic carbocycles. The Kier molecular flexibility index (Phi) is 3.04. The van der Waals surface area contributed by atoms with E-state index in [9.17, 15) is 5.11 Å². The lowest BCUT2D eigenvalue weighted by Gasteiger charge is -2.42. The molecule has 2 N–H and O–H groups in total. The van der Waals surface area contributed by atoms with E-state index in [2.05, 4.69) is 20.9 Å². The van der Waals surface area contributed by atoms with Crippen LogP contribution in [0.5, 0.6) is 0 Å². The first-order valence-corrected chi connectivity index (χ1v) is 6.14. The zero-order valence-corrected chi connectivity index (χ0v) is 10.4. The molecule has 16 heavy (non-hydrogen) atoms. The van der Waals surface area contributed by atoms with Crippen molar-refractivity contribution in [2.24, 2.45) is 0 Å². The van der Waals surface area contributed by atoms with E-state index in [1.165, 1.54) is 4.90 Å². The highest BCUT2D eigenvalue weighted by molar-refractivity contribution is 5.23. The van der Waals surface area contributed by atoms with Gasteiger partial charge in [0.15, 0.2) is 0 Å². The Morgan fingerprint density at radius 2 is 1.62 bits per heavy atom. The molecule has 0 amide bonds. The first-order valence-electron chi connectivity index (χ1n) is 6.14. The molecule has 1 aromatic rings. The smallest absolute Gasteiger partial charge is 0.101 e. The zero-order valence-electron chi connectivity index (χ0n) is 10.4. The Hall–Kier alpha value is -0.860. The minimum atomic E-state index is -0.625. The average Bonchev–Trinajstić information content (AvgIpc) is 2.27. The van der Waals surface area contributed by atoms with Gasteiger partial charge in [0, 0.05) is 12.8 Å². The number of rotatable bonds is 1. The van der Waals surface area contributed by atoms with Gasteiger partial charge in [0.2, 0.25) is 0 Å². The third kappa shape index (κ3) is 2.00. The average molecular weight is 220 g/mol. The molecule has 1 saturated heterocycles. The van der Waals surface area contributed by atoms with E-state index in [0.717, 1.165) is 18.4 Å². The van der Waals surface area contributed by atoms with Gasteiger partial charge in [-0.2, -0.15) is 0 Å². The van der Waals surface area contributed by atoms with E-state index in [4.69, 9.17) is 0 Å². The highest BCUT2D eigenvalue weighted by atomic mass is 16.3. The van der Waals surface area contributed by atoms with Crippen LogP contribution >= 0.6 is 0 Å². The number of nitrogens with one attached hydrogen (secondary N) is 1. The number of benzene rings is 1. The number of piperidine rings is 1. The van der Waals surface area contributed by atoms with E-state index in [-0.39, 0.29) is 0 Å². The monoisotopic (exact) mass is 220 g/mol. The summed E-state index contributed by atoms with van der Waals surface area (Å²) in [4.78, 5) is 1.53. The number of quaternary nitrogens is 1. The van der Waals surface area contributed by atoms with Crippen molar-refractivity contribution in [2.45, 2.75) is 44.4 Å². The van der Waals surface area contributed by atoms with Crippen LogP contribution in [0.2, 0.25) is 0 Å². The molecule has 0 aliphatic carbocycles. The van der Waals surface area contributed by atoms with E-state index in [1.807, 2.05) is 30.3 Å². The molecule has 2 atom stereocenters. The lowest BCUT2D eigenvalue weighted by molar-refractivity contribution is -0.936. The molecule has 2 nitrogen and oxygen atoms in total. The molecule has 2 heteroatoms. The van der Waals surface area contributed by atoms with Crippen LogP contribution < -0.4 is 4.90 Å². The molecule has 1 aliphatic rings. The van der Waals surface area contributed by atoms with Crippen molar-refractivity contribution in [3.05, 3.63) is 35.9 Å². The summed E-state index contributed by atoms with van der Waals surface area (Å²) in [5, 5.41) is 10.8. The summed E-state index contributed by atoms with van der Waals surface area (Å²) < 4.78 is 0. The molecule has 0 aromatic heterocycles. The Balaban J connectivity index is 2.27. The van der Waals surface area contributed by atoms with Crippen LogP contribution in [-0.4, -0.2) is 24.2 Å². The number of likely N-dealkylation sites (tertiary alicyclic amines) is 1. The second-order valence-corrected chi connectivity index (χ2v) is 5.35. The second-order valence-electron chi connectivity index (χ2n) is 5.35. The van der Waals surface area contributed by atoms with E-state index in [0.29, 0.717) is 12.1 Å². The fraction of sp³-hybridized carbons (Fsp3) is 0.571. The van der Waals surface area contributed by atoms with Gasteiger partial charge in [-0.3, -0.25) is 0 Å². The molecule has 2 rings (SSSR count). The van der Waals surface area contributed by atoms with Crippen molar-refractivity contribution in [1.82, 2.24) is 0 Å². The van der Waals surface area contributed by atoms with Crippen LogP contribution in [0, 0.1) is 0 Å². The van der Waals surface area contributed by atoms with Crippen LogP contribution in [0.3, 0.4) is 0 Å². The molecule has 0 spiro atoms. The van der Waals surface area contributed by atoms with Gasteiger partial charge < -0.3 is 10.0 Å². The largest absolute Gasteiger partial charge is 0.385 e. The van der Waals surface area contributed by atoms with Crippen LogP contribution in [0.15, 0.2) is 30.3 Å². The topological polar surface area (TPSA) is 24.7 Å². The summed E-state index contributed by atoms with van der Waals surface area (Å²) in [6, 6.07) is 11.1. The standard InChI is InChI=1S/C14H21NO/c1-11-9-14(16,10-12(2)15(11)3)13-7-5-4-6-8-13/h4-8,11-12,16H,9-10H2,1-3H3/p+1/t11-,12-/m1/s1. The third-order valence-electron chi connectivity index (χ3n) is 4.15. The van der Waals surface area contributed by atoms with Crippen molar-refractivity contribution >= 4 is 0 Å².